The number of hydrogen-bond donors (Lipinski definition) is 1. The highest BCUT2D eigenvalue weighted by Crippen LogP contribution is 2.43. The van der Waals surface area contributed by atoms with E-state index in [4.69, 9.17) is 25.8 Å². The number of amides is 1. The summed E-state index contributed by atoms with van der Waals surface area (Å²) in [5, 5.41) is 11.4. The van der Waals surface area contributed by atoms with Crippen LogP contribution in [-0.4, -0.2) is 56.2 Å². The molecule has 1 unspecified atom stereocenters. The number of carbonyl (C=O) groups is 2. The van der Waals surface area contributed by atoms with Gasteiger partial charge in [0.15, 0.2) is 0 Å². The fourth-order valence-corrected chi connectivity index (χ4v) is 3.87. The number of benzene rings is 2. The third-order valence-electron chi connectivity index (χ3n) is 5.15. The molecule has 3 rings (SSSR count). The van der Waals surface area contributed by atoms with Gasteiger partial charge in [0.1, 0.15) is 17.3 Å². The van der Waals surface area contributed by atoms with E-state index in [-0.39, 0.29) is 28.5 Å². The molecule has 0 saturated carbocycles. The second-order valence-electron chi connectivity index (χ2n) is 6.93. The lowest BCUT2D eigenvalue weighted by Crippen LogP contribution is -2.31. The average molecular weight is 446 g/mol. The van der Waals surface area contributed by atoms with Crippen molar-refractivity contribution in [2.24, 2.45) is 0 Å². The highest BCUT2D eigenvalue weighted by molar-refractivity contribution is 6.47. The zero-order valence-electron chi connectivity index (χ0n) is 17.6. The van der Waals surface area contributed by atoms with Crippen molar-refractivity contribution >= 4 is 29.1 Å². The van der Waals surface area contributed by atoms with E-state index in [1.54, 1.807) is 43.5 Å². The first-order chi connectivity index (χ1) is 14.9. The van der Waals surface area contributed by atoms with Crippen LogP contribution in [0.3, 0.4) is 0 Å². The summed E-state index contributed by atoms with van der Waals surface area (Å²) >= 11 is 6.30. The Morgan fingerprint density at radius 1 is 1.10 bits per heavy atom. The first-order valence-electron chi connectivity index (χ1n) is 9.68. The van der Waals surface area contributed by atoms with Crippen LogP contribution in [-0.2, 0) is 14.3 Å². The molecular formula is C23H24ClNO6. The summed E-state index contributed by atoms with van der Waals surface area (Å²) in [4.78, 5) is 27.4. The van der Waals surface area contributed by atoms with Gasteiger partial charge in [0.25, 0.3) is 11.7 Å². The van der Waals surface area contributed by atoms with Crippen LogP contribution in [0.2, 0.25) is 5.02 Å². The first-order valence-corrected chi connectivity index (χ1v) is 10.1. The van der Waals surface area contributed by atoms with E-state index in [2.05, 4.69) is 0 Å². The molecule has 1 N–H and O–H groups in total. The van der Waals surface area contributed by atoms with Crippen molar-refractivity contribution in [3.8, 4) is 11.5 Å². The zero-order valence-corrected chi connectivity index (χ0v) is 18.3. The number of likely N-dealkylation sites (tertiary alicyclic amines) is 1. The van der Waals surface area contributed by atoms with Crippen LogP contribution in [0.4, 0.5) is 0 Å². The van der Waals surface area contributed by atoms with Crippen LogP contribution >= 0.6 is 11.6 Å². The normalized spacial score (nSPS) is 17.8. The van der Waals surface area contributed by atoms with Gasteiger partial charge in [-0.15, -0.1) is 0 Å². The topological polar surface area (TPSA) is 85.3 Å². The van der Waals surface area contributed by atoms with Gasteiger partial charge in [0.2, 0.25) is 0 Å². The third kappa shape index (κ3) is 4.38. The summed E-state index contributed by atoms with van der Waals surface area (Å²) in [5.74, 6) is -0.910. The molecule has 0 aliphatic carbocycles. The van der Waals surface area contributed by atoms with Crippen LogP contribution < -0.4 is 9.47 Å². The minimum atomic E-state index is -0.838. The molecule has 1 heterocycles. The van der Waals surface area contributed by atoms with Gasteiger partial charge in [-0.1, -0.05) is 29.8 Å². The maximum atomic E-state index is 13.1. The molecule has 2 aromatic rings. The summed E-state index contributed by atoms with van der Waals surface area (Å²) in [6.45, 7) is 0.688. The number of rotatable bonds is 8. The number of hydrogen-bond acceptors (Lipinski definition) is 6. The van der Waals surface area contributed by atoms with Crippen LogP contribution in [0.25, 0.3) is 5.76 Å². The zero-order chi connectivity index (χ0) is 22.5. The Labute approximate surface area is 185 Å². The van der Waals surface area contributed by atoms with E-state index in [9.17, 15) is 14.7 Å². The molecule has 0 bridgehead atoms. The minimum Gasteiger partial charge on any atom is -0.507 e. The number of methoxy groups -OCH3 is 3. The van der Waals surface area contributed by atoms with Crippen LogP contribution in [0.5, 0.6) is 11.5 Å². The summed E-state index contributed by atoms with van der Waals surface area (Å²) in [6, 6.07) is 11.0. The van der Waals surface area contributed by atoms with E-state index in [0.29, 0.717) is 30.1 Å². The molecular weight excluding hydrogens is 422 g/mol. The van der Waals surface area contributed by atoms with Crippen molar-refractivity contribution in [1.29, 1.82) is 0 Å². The van der Waals surface area contributed by atoms with Crippen LogP contribution in [0.15, 0.2) is 48.0 Å². The second kappa shape index (κ2) is 9.85. The van der Waals surface area contributed by atoms with Gasteiger partial charge >= 0.3 is 0 Å². The van der Waals surface area contributed by atoms with Crippen molar-refractivity contribution in [1.82, 2.24) is 4.90 Å². The van der Waals surface area contributed by atoms with Gasteiger partial charge in [-0.2, -0.15) is 0 Å². The molecule has 2 aromatic carbocycles. The molecule has 1 saturated heterocycles. The molecule has 1 aliphatic rings. The molecule has 0 radical (unpaired) electrons. The lowest BCUT2D eigenvalue weighted by molar-refractivity contribution is -0.140. The Morgan fingerprint density at radius 2 is 1.84 bits per heavy atom. The molecule has 164 valence electrons. The SMILES string of the molecule is COCCCN1C(=O)C(=O)/C(=C(/O)c2cc(OC)ccc2Cl)C1c1ccccc1OC. The van der Waals surface area contributed by atoms with Crippen molar-refractivity contribution in [2.75, 3.05) is 34.5 Å². The Bertz CT molecular complexity index is 1020. The maximum Gasteiger partial charge on any atom is 0.295 e. The molecule has 1 amide bonds. The number of carbonyl (C=O) groups excluding carboxylic acids is 2. The molecule has 8 heteroatoms. The number of halogens is 1. The molecule has 0 spiro atoms. The fourth-order valence-electron chi connectivity index (χ4n) is 3.66. The quantitative estimate of drug-likeness (QED) is 0.288. The summed E-state index contributed by atoms with van der Waals surface area (Å²) in [7, 11) is 4.56. The van der Waals surface area contributed by atoms with Crippen molar-refractivity contribution < 1.29 is 28.9 Å². The predicted molar refractivity (Wildman–Crippen MR) is 117 cm³/mol. The average Bonchev–Trinajstić information content (AvgIpc) is 3.04. The summed E-state index contributed by atoms with van der Waals surface area (Å²) < 4.78 is 15.8. The minimum absolute atomic E-state index is 0.0536. The first kappa shape index (κ1) is 22.7. The fraction of sp³-hybridized carbons (Fsp3) is 0.304. The monoisotopic (exact) mass is 445 g/mol. The molecule has 7 nitrogen and oxygen atoms in total. The predicted octanol–water partition coefficient (Wildman–Crippen LogP) is 3.82. The highest BCUT2D eigenvalue weighted by Gasteiger charge is 2.46. The van der Waals surface area contributed by atoms with E-state index in [1.165, 1.54) is 25.2 Å². The number of ketones is 1. The Balaban J connectivity index is 2.21. The Hall–Kier alpha value is -3.03. The van der Waals surface area contributed by atoms with Gasteiger partial charge in [0, 0.05) is 31.4 Å². The smallest absolute Gasteiger partial charge is 0.295 e. The van der Waals surface area contributed by atoms with E-state index in [0.717, 1.165) is 0 Å². The standard InChI is InChI=1S/C23H24ClNO6/c1-29-12-6-11-25-20(15-7-4-5-8-18(15)31-3)19(22(27)23(25)28)21(26)16-13-14(30-2)9-10-17(16)24/h4-5,7-10,13,20,26H,6,11-12H2,1-3H3/b21-19+. The molecule has 1 fully saturated rings. The summed E-state index contributed by atoms with van der Waals surface area (Å²) in [6.07, 6.45) is 0.523. The Kier molecular flexibility index (Phi) is 7.20. The number of nitrogens with zero attached hydrogens (tertiary/aromatic N) is 1. The van der Waals surface area contributed by atoms with E-state index < -0.39 is 17.7 Å². The van der Waals surface area contributed by atoms with Gasteiger partial charge in [-0.25, -0.2) is 0 Å². The number of ether oxygens (including phenoxy) is 3. The molecule has 31 heavy (non-hydrogen) atoms. The van der Waals surface area contributed by atoms with Gasteiger partial charge in [-0.05, 0) is 30.7 Å². The molecule has 1 atom stereocenters. The van der Waals surface area contributed by atoms with Crippen molar-refractivity contribution in [3.05, 3.63) is 64.2 Å². The van der Waals surface area contributed by atoms with E-state index in [1.807, 2.05) is 0 Å². The van der Waals surface area contributed by atoms with Crippen molar-refractivity contribution in [3.63, 3.8) is 0 Å². The highest BCUT2D eigenvalue weighted by atomic mass is 35.5. The number of aliphatic hydroxyl groups is 1. The van der Waals surface area contributed by atoms with Crippen molar-refractivity contribution in [2.45, 2.75) is 12.5 Å². The van der Waals surface area contributed by atoms with Gasteiger partial charge < -0.3 is 24.2 Å². The lowest BCUT2D eigenvalue weighted by atomic mass is 9.94. The summed E-state index contributed by atoms with van der Waals surface area (Å²) in [5.41, 5.74) is 0.736. The van der Waals surface area contributed by atoms with E-state index >= 15 is 0 Å². The number of Topliss-reactive ketones (excluding diaryl/α,β-unsaturated/α-hetero) is 1. The third-order valence-corrected chi connectivity index (χ3v) is 5.48. The second-order valence-corrected chi connectivity index (χ2v) is 7.33. The number of para-hydroxylation sites is 1. The van der Waals surface area contributed by atoms with Crippen LogP contribution in [0, 0.1) is 0 Å². The largest absolute Gasteiger partial charge is 0.507 e. The Morgan fingerprint density at radius 3 is 2.52 bits per heavy atom. The molecule has 1 aliphatic heterocycles. The maximum absolute atomic E-state index is 13.1. The number of aliphatic hydroxyl groups excluding tert-OH is 1. The molecule has 0 aromatic heterocycles. The van der Waals surface area contributed by atoms with Gasteiger partial charge in [-0.3, -0.25) is 9.59 Å². The van der Waals surface area contributed by atoms with Gasteiger partial charge in [0.05, 0.1) is 30.9 Å². The lowest BCUT2D eigenvalue weighted by Gasteiger charge is -2.26. The van der Waals surface area contributed by atoms with Crippen LogP contribution in [0.1, 0.15) is 23.6 Å².